The fraction of sp³-hybridized carbons (Fsp3) is 0.833. The van der Waals surface area contributed by atoms with Crippen LogP contribution in [0.2, 0.25) is 18.1 Å². The van der Waals surface area contributed by atoms with Crippen molar-refractivity contribution in [3.8, 4) is 0 Å². The van der Waals surface area contributed by atoms with E-state index in [4.69, 9.17) is 13.9 Å². The number of hydrogen-bond acceptors (Lipinski definition) is 5. The average molecular weight is 525 g/mol. The number of carbonyl (C=O) groups excluding carboxylic acids is 1. The third-order valence-electron chi connectivity index (χ3n) is 7.67. The molecule has 36 heavy (non-hydrogen) atoms. The quantitative estimate of drug-likeness (QED) is 0.121. The van der Waals surface area contributed by atoms with Crippen molar-refractivity contribution >= 4 is 14.1 Å². The van der Waals surface area contributed by atoms with E-state index in [1.807, 2.05) is 13.8 Å². The molecule has 0 saturated carbocycles. The van der Waals surface area contributed by atoms with E-state index in [-0.39, 0.29) is 41.5 Å². The van der Waals surface area contributed by atoms with Gasteiger partial charge in [-0.05, 0) is 77.4 Å². The summed E-state index contributed by atoms with van der Waals surface area (Å²) in [7, 11) is -1.99. The Labute approximate surface area is 223 Å². The lowest BCUT2D eigenvalue weighted by Crippen LogP contribution is -2.43. The van der Waals surface area contributed by atoms with Gasteiger partial charge in [-0.2, -0.15) is 0 Å². The fourth-order valence-corrected chi connectivity index (χ4v) is 5.66. The van der Waals surface area contributed by atoms with E-state index in [1.54, 1.807) is 6.92 Å². The summed E-state index contributed by atoms with van der Waals surface area (Å²) in [5.74, 6) is -0.727. The average Bonchev–Trinajstić information content (AvgIpc) is 3.12. The molecule has 0 spiro atoms. The zero-order valence-electron chi connectivity index (χ0n) is 24.8. The number of Topliss-reactive ketones (excluding diaryl/α,β-unsaturated/α-hetero) is 1. The van der Waals surface area contributed by atoms with Gasteiger partial charge in [0.2, 0.25) is 0 Å². The first-order valence-corrected chi connectivity index (χ1v) is 17.1. The van der Waals surface area contributed by atoms with Gasteiger partial charge < -0.3 is 19.0 Å². The number of allylic oxidation sites excluding steroid dienone is 2. The molecule has 0 aliphatic carbocycles. The zero-order valence-corrected chi connectivity index (χ0v) is 25.8. The molecule has 0 amide bonds. The van der Waals surface area contributed by atoms with Crippen LogP contribution in [-0.4, -0.2) is 50.4 Å². The summed E-state index contributed by atoms with van der Waals surface area (Å²) >= 11 is 0. The summed E-state index contributed by atoms with van der Waals surface area (Å²) in [6, 6.07) is 0. The molecular formula is C30H56O5Si. The van der Waals surface area contributed by atoms with Crippen molar-refractivity contribution in [2.75, 3.05) is 13.2 Å². The molecule has 1 saturated heterocycles. The first kappa shape index (κ1) is 33.2. The van der Waals surface area contributed by atoms with Gasteiger partial charge in [-0.3, -0.25) is 4.79 Å². The highest BCUT2D eigenvalue weighted by molar-refractivity contribution is 6.74. The molecule has 1 aliphatic rings. The lowest BCUT2D eigenvalue weighted by Gasteiger charge is -2.39. The minimum Gasteiger partial charge on any atom is -0.411 e. The maximum Gasteiger partial charge on any atom is 0.192 e. The Morgan fingerprint density at radius 1 is 1.14 bits per heavy atom. The van der Waals surface area contributed by atoms with Crippen LogP contribution in [0.3, 0.4) is 0 Å². The van der Waals surface area contributed by atoms with Crippen molar-refractivity contribution in [1.29, 1.82) is 0 Å². The van der Waals surface area contributed by atoms with E-state index >= 15 is 0 Å². The van der Waals surface area contributed by atoms with Gasteiger partial charge >= 0.3 is 0 Å². The standard InChI is InChI=1S/C30H56O5Si/c1-10-11-12-13-14-15-19-26(24(2)32)27(28-23-33-30(6,7)34-28)21-20-25(18-16-17-22-31)35-36(8,9)29(3,4)5/h14-15,20-21,25-28,31H,10-13,16-19,22-23H2,1-9H3/b15-14-,21-20+/t25?,26-,27-,28+/m0/s1. The number of aliphatic hydroxyl groups excluding tert-OH is 1. The summed E-state index contributed by atoms with van der Waals surface area (Å²) in [4.78, 5) is 12.9. The van der Waals surface area contributed by atoms with Crippen LogP contribution >= 0.6 is 0 Å². The fourth-order valence-electron chi connectivity index (χ4n) is 4.35. The second-order valence-corrected chi connectivity index (χ2v) is 17.1. The SMILES string of the molecule is CCCCC/C=C\C[C@@H](C(C)=O)[C@H](/C=C/C(CCCCO)O[Si](C)(C)C(C)(C)C)[C@H]1COC(C)(C)O1. The smallest absolute Gasteiger partial charge is 0.192 e. The van der Waals surface area contributed by atoms with Crippen LogP contribution < -0.4 is 0 Å². The van der Waals surface area contributed by atoms with Crippen molar-refractivity contribution in [2.24, 2.45) is 11.8 Å². The van der Waals surface area contributed by atoms with Crippen LogP contribution in [0.25, 0.3) is 0 Å². The van der Waals surface area contributed by atoms with E-state index in [0.717, 1.165) is 25.7 Å². The predicted octanol–water partition coefficient (Wildman–Crippen LogP) is 7.60. The van der Waals surface area contributed by atoms with Gasteiger partial charge in [0, 0.05) is 18.4 Å². The molecule has 1 unspecified atom stereocenters. The van der Waals surface area contributed by atoms with E-state index in [0.29, 0.717) is 13.0 Å². The van der Waals surface area contributed by atoms with Crippen molar-refractivity contribution < 1.29 is 23.8 Å². The zero-order chi connectivity index (χ0) is 27.4. The van der Waals surface area contributed by atoms with Gasteiger partial charge in [-0.25, -0.2) is 0 Å². The van der Waals surface area contributed by atoms with Gasteiger partial charge in [0.1, 0.15) is 5.78 Å². The van der Waals surface area contributed by atoms with Gasteiger partial charge in [0.15, 0.2) is 14.1 Å². The molecule has 0 radical (unpaired) electrons. The molecule has 0 bridgehead atoms. The number of aliphatic hydroxyl groups is 1. The summed E-state index contributed by atoms with van der Waals surface area (Å²) in [6.07, 6.45) is 16.4. The molecule has 0 aromatic heterocycles. The number of hydrogen-bond donors (Lipinski definition) is 1. The third-order valence-corrected chi connectivity index (χ3v) is 12.2. The van der Waals surface area contributed by atoms with Crippen molar-refractivity contribution in [1.82, 2.24) is 0 Å². The van der Waals surface area contributed by atoms with Crippen LogP contribution in [0.15, 0.2) is 24.3 Å². The van der Waals surface area contributed by atoms with Crippen LogP contribution in [0.4, 0.5) is 0 Å². The Hall–Kier alpha value is -0.793. The molecule has 1 fully saturated rings. The third kappa shape index (κ3) is 11.7. The van der Waals surface area contributed by atoms with Gasteiger partial charge in [0.25, 0.3) is 0 Å². The minimum atomic E-state index is -1.99. The summed E-state index contributed by atoms with van der Waals surface area (Å²) in [5, 5.41) is 9.42. The number of unbranched alkanes of at least 4 members (excludes halogenated alkanes) is 4. The molecule has 1 rings (SSSR count). The lowest BCUT2D eigenvalue weighted by atomic mass is 9.82. The van der Waals surface area contributed by atoms with E-state index in [1.165, 1.54) is 19.3 Å². The maximum absolute atomic E-state index is 12.9. The number of ether oxygens (including phenoxy) is 2. The monoisotopic (exact) mass is 524 g/mol. The van der Waals surface area contributed by atoms with Crippen LogP contribution in [0, 0.1) is 11.8 Å². The molecule has 1 heterocycles. The number of carbonyl (C=O) groups is 1. The molecule has 0 aromatic rings. The predicted molar refractivity (Wildman–Crippen MR) is 153 cm³/mol. The second kappa shape index (κ2) is 15.6. The van der Waals surface area contributed by atoms with Gasteiger partial charge in [-0.1, -0.05) is 64.8 Å². The molecule has 210 valence electrons. The number of rotatable bonds is 17. The summed E-state index contributed by atoms with van der Waals surface area (Å²) in [6.45, 7) is 19.7. The van der Waals surface area contributed by atoms with E-state index < -0.39 is 14.1 Å². The largest absolute Gasteiger partial charge is 0.411 e. The Morgan fingerprint density at radius 3 is 2.36 bits per heavy atom. The highest BCUT2D eigenvalue weighted by atomic mass is 28.4. The molecular weight excluding hydrogens is 468 g/mol. The normalized spacial score (nSPS) is 21.3. The van der Waals surface area contributed by atoms with Crippen LogP contribution in [-0.2, 0) is 18.7 Å². The molecule has 4 atom stereocenters. The number of ketones is 1. The van der Waals surface area contributed by atoms with Crippen molar-refractivity contribution in [3.05, 3.63) is 24.3 Å². The van der Waals surface area contributed by atoms with Crippen LogP contribution in [0.5, 0.6) is 0 Å². The Balaban J connectivity index is 3.17. The maximum atomic E-state index is 12.9. The summed E-state index contributed by atoms with van der Waals surface area (Å²) < 4.78 is 19.0. The molecule has 1 N–H and O–H groups in total. The van der Waals surface area contributed by atoms with Crippen molar-refractivity contribution in [2.45, 2.75) is 136 Å². The molecule has 0 aromatic carbocycles. The molecule has 1 aliphatic heterocycles. The minimum absolute atomic E-state index is 0.0486. The highest BCUT2D eigenvalue weighted by Gasteiger charge is 2.41. The van der Waals surface area contributed by atoms with Gasteiger partial charge in [-0.15, -0.1) is 0 Å². The van der Waals surface area contributed by atoms with Crippen LogP contribution in [0.1, 0.15) is 99.8 Å². The Morgan fingerprint density at radius 2 is 1.83 bits per heavy atom. The topological polar surface area (TPSA) is 65.0 Å². The van der Waals surface area contributed by atoms with E-state index in [2.05, 4.69) is 65.1 Å². The highest BCUT2D eigenvalue weighted by Crippen LogP contribution is 2.38. The Kier molecular flexibility index (Phi) is 14.4. The lowest BCUT2D eigenvalue weighted by molar-refractivity contribution is -0.147. The summed E-state index contributed by atoms with van der Waals surface area (Å²) in [5.41, 5.74) is 0. The van der Waals surface area contributed by atoms with E-state index in [9.17, 15) is 9.90 Å². The van der Waals surface area contributed by atoms with Crippen molar-refractivity contribution in [3.63, 3.8) is 0 Å². The molecule has 5 nitrogen and oxygen atoms in total. The second-order valence-electron chi connectivity index (χ2n) is 12.4. The first-order valence-electron chi connectivity index (χ1n) is 14.2. The first-order chi connectivity index (χ1) is 16.7. The molecule has 6 heteroatoms. The Bertz CT molecular complexity index is 692. The van der Waals surface area contributed by atoms with Gasteiger partial charge in [0.05, 0.1) is 18.8 Å².